The average Bonchev–Trinajstić information content (AvgIpc) is 2.26. The predicted octanol–water partition coefficient (Wildman–Crippen LogP) is 5.45. The van der Waals surface area contributed by atoms with Crippen molar-refractivity contribution >= 4 is 0 Å². The Morgan fingerprint density at radius 1 is 0.933 bits per heavy atom. The second kappa shape index (κ2) is 13.5. The summed E-state index contributed by atoms with van der Waals surface area (Å²) in [5, 5.41) is 0. The van der Waals surface area contributed by atoms with E-state index in [2.05, 4.69) is 25.7 Å². The standard InChI is InChI=1S/C15H27/c1-3-5-7-9-11-13-15-14-12-10-8-6-4-2/h3,8H,1,4-7,9,11-15H2,2H3. The molecule has 0 aromatic heterocycles. The number of hydrogen-bond acceptors (Lipinski definition) is 0. The van der Waals surface area contributed by atoms with E-state index < -0.39 is 0 Å². The number of hydrogen-bond donors (Lipinski definition) is 0. The van der Waals surface area contributed by atoms with Gasteiger partial charge in [0.05, 0.1) is 0 Å². The molecule has 0 fully saturated rings. The van der Waals surface area contributed by atoms with Gasteiger partial charge >= 0.3 is 0 Å². The maximum Gasteiger partial charge on any atom is -0.0279 e. The zero-order valence-electron chi connectivity index (χ0n) is 10.4. The maximum absolute atomic E-state index is 3.73. The topological polar surface area (TPSA) is 0 Å². The fourth-order valence-corrected chi connectivity index (χ4v) is 1.57. The Kier molecular flexibility index (Phi) is 13.0. The highest BCUT2D eigenvalue weighted by Gasteiger charge is 1.89. The van der Waals surface area contributed by atoms with Gasteiger partial charge in [0.2, 0.25) is 0 Å². The molecule has 0 aliphatic carbocycles. The van der Waals surface area contributed by atoms with Gasteiger partial charge in [-0.15, -0.1) is 6.58 Å². The first-order chi connectivity index (χ1) is 7.41. The maximum atomic E-state index is 3.73. The van der Waals surface area contributed by atoms with Crippen molar-refractivity contribution in [3.63, 3.8) is 0 Å². The molecule has 0 nitrogen and oxygen atoms in total. The Balaban J connectivity index is 2.95. The molecule has 0 saturated carbocycles. The summed E-state index contributed by atoms with van der Waals surface area (Å²) in [4.78, 5) is 0. The molecule has 15 heavy (non-hydrogen) atoms. The molecule has 1 radical (unpaired) electrons. The Morgan fingerprint density at radius 3 is 2.27 bits per heavy atom. The SMILES string of the molecule is C=CCCCCCCCC/[C]=C/CCC. The quantitative estimate of drug-likeness (QED) is 0.312. The van der Waals surface area contributed by atoms with Crippen molar-refractivity contribution in [3.8, 4) is 0 Å². The van der Waals surface area contributed by atoms with Gasteiger partial charge in [0.15, 0.2) is 0 Å². The first-order valence-electron chi connectivity index (χ1n) is 6.57. The molecule has 0 saturated heterocycles. The van der Waals surface area contributed by atoms with Crippen molar-refractivity contribution in [2.45, 2.75) is 71.1 Å². The van der Waals surface area contributed by atoms with Crippen LogP contribution >= 0.6 is 0 Å². The molecule has 87 valence electrons. The van der Waals surface area contributed by atoms with Crippen LogP contribution in [0.25, 0.3) is 0 Å². The van der Waals surface area contributed by atoms with Crippen LogP contribution in [0.1, 0.15) is 71.1 Å². The van der Waals surface area contributed by atoms with E-state index in [4.69, 9.17) is 0 Å². The molecule has 0 rings (SSSR count). The lowest BCUT2D eigenvalue weighted by molar-refractivity contribution is 0.598. The van der Waals surface area contributed by atoms with Crippen LogP contribution in [0.2, 0.25) is 0 Å². The number of rotatable bonds is 11. The minimum Gasteiger partial charge on any atom is -0.103 e. The van der Waals surface area contributed by atoms with Gasteiger partial charge in [-0.2, -0.15) is 0 Å². The molecule has 0 aliphatic rings. The molecule has 0 atom stereocenters. The Morgan fingerprint density at radius 2 is 1.60 bits per heavy atom. The second-order valence-corrected chi connectivity index (χ2v) is 4.15. The van der Waals surface area contributed by atoms with Gasteiger partial charge in [-0.3, -0.25) is 0 Å². The highest BCUT2D eigenvalue weighted by atomic mass is 14.0. The van der Waals surface area contributed by atoms with Crippen molar-refractivity contribution in [3.05, 3.63) is 24.8 Å². The summed E-state index contributed by atoms with van der Waals surface area (Å²) >= 11 is 0. The van der Waals surface area contributed by atoms with Crippen molar-refractivity contribution in [2.24, 2.45) is 0 Å². The molecule has 0 heteroatoms. The number of allylic oxidation sites excluding steroid dienone is 3. The van der Waals surface area contributed by atoms with Gasteiger partial charge in [0, 0.05) is 0 Å². The highest BCUT2D eigenvalue weighted by molar-refractivity contribution is 4.72. The van der Waals surface area contributed by atoms with Crippen LogP contribution in [0.3, 0.4) is 0 Å². The summed E-state index contributed by atoms with van der Waals surface area (Å²) in [6, 6.07) is 0. The van der Waals surface area contributed by atoms with Gasteiger partial charge in [-0.25, -0.2) is 0 Å². The smallest absolute Gasteiger partial charge is 0.0279 e. The number of unbranched alkanes of at least 4 members (excludes halogenated alkanes) is 8. The molecule has 0 spiro atoms. The van der Waals surface area contributed by atoms with Crippen LogP contribution in [0.15, 0.2) is 18.7 Å². The third-order valence-corrected chi connectivity index (χ3v) is 2.56. The van der Waals surface area contributed by atoms with E-state index in [1.807, 2.05) is 6.08 Å². The van der Waals surface area contributed by atoms with Crippen LogP contribution in [-0.2, 0) is 0 Å². The lowest BCUT2D eigenvalue weighted by Gasteiger charge is -1.98. The van der Waals surface area contributed by atoms with Gasteiger partial charge in [-0.1, -0.05) is 51.2 Å². The van der Waals surface area contributed by atoms with Crippen molar-refractivity contribution in [1.29, 1.82) is 0 Å². The molecule has 0 heterocycles. The Bertz CT molecular complexity index is 144. The summed E-state index contributed by atoms with van der Waals surface area (Å²) in [7, 11) is 0. The first kappa shape index (κ1) is 14.5. The lowest BCUT2D eigenvalue weighted by atomic mass is 10.1. The van der Waals surface area contributed by atoms with Crippen LogP contribution in [0.4, 0.5) is 0 Å². The van der Waals surface area contributed by atoms with Gasteiger partial charge < -0.3 is 0 Å². The predicted molar refractivity (Wildman–Crippen MR) is 69.9 cm³/mol. The van der Waals surface area contributed by atoms with Crippen LogP contribution < -0.4 is 0 Å². The molecule has 0 N–H and O–H groups in total. The third-order valence-electron chi connectivity index (χ3n) is 2.56. The zero-order valence-corrected chi connectivity index (χ0v) is 10.4. The molecule has 0 unspecified atom stereocenters. The van der Waals surface area contributed by atoms with Gasteiger partial charge in [0.1, 0.15) is 0 Å². The van der Waals surface area contributed by atoms with E-state index >= 15 is 0 Å². The van der Waals surface area contributed by atoms with Crippen LogP contribution in [-0.4, -0.2) is 0 Å². The minimum atomic E-state index is 1.16. The molecule has 0 aromatic rings. The molecular weight excluding hydrogens is 180 g/mol. The summed E-state index contributed by atoms with van der Waals surface area (Å²) in [5.41, 5.74) is 0. The fourth-order valence-electron chi connectivity index (χ4n) is 1.57. The molecular formula is C15H27. The van der Waals surface area contributed by atoms with E-state index in [9.17, 15) is 0 Å². The second-order valence-electron chi connectivity index (χ2n) is 4.15. The van der Waals surface area contributed by atoms with Gasteiger partial charge in [0.25, 0.3) is 0 Å². The third kappa shape index (κ3) is 13.5. The molecule has 0 bridgehead atoms. The van der Waals surface area contributed by atoms with Gasteiger partial charge in [-0.05, 0) is 38.2 Å². The van der Waals surface area contributed by atoms with Crippen LogP contribution in [0.5, 0.6) is 0 Å². The fraction of sp³-hybridized carbons (Fsp3) is 0.733. The monoisotopic (exact) mass is 207 g/mol. The van der Waals surface area contributed by atoms with E-state index in [0.29, 0.717) is 0 Å². The average molecular weight is 207 g/mol. The van der Waals surface area contributed by atoms with Crippen molar-refractivity contribution in [2.75, 3.05) is 0 Å². The van der Waals surface area contributed by atoms with E-state index in [1.165, 1.54) is 57.8 Å². The van der Waals surface area contributed by atoms with Crippen molar-refractivity contribution < 1.29 is 0 Å². The summed E-state index contributed by atoms with van der Waals surface area (Å²) < 4.78 is 0. The van der Waals surface area contributed by atoms with E-state index in [0.717, 1.165) is 6.42 Å². The Labute approximate surface area is 96.5 Å². The van der Waals surface area contributed by atoms with E-state index in [1.54, 1.807) is 0 Å². The first-order valence-corrected chi connectivity index (χ1v) is 6.57. The summed E-state index contributed by atoms with van der Waals surface area (Å²) in [6.45, 7) is 5.94. The lowest BCUT2D eigenvalue weighted by Crippen LogP contribution is -1.79. The minimum absolute atomic E-state index is 1.16. The molecule has 0 aromatic carbocycles. The summed E-state index contributed by atoms with van der Waals surface area (Å²) in [5.74, 6) is 0. The zero-order chi connectivity index (χ0) is 11.2. The Hall–Kier alpha value is -0.520. The summed E-state index contributed by atoms with van der Waals surface area (Å²) in [6.07, 6.45) is 20.6. The van der Waals surface area contributed by atoms with Crippen molar-refractivity contribution in [1.82, 2.24) is 0 Å². The highest BCUT2D eigenvalue weighted by Crippen LogP contribution is 2.08. The van der Waals surface area contributed by atoms with Crippen LogP contribution in [0, 0.1) is 6.08 Å². The normalized spacial score (nSPS) is 11.0. The largest absolute Gasteiger partial charge is 0.103 e. The molecule has 0 aliphatic heterocycles. The van der Waals surface area contributed by atoms with E-state index in [-0.39, 0.29) is 0 Å². The molecule has 0 amide bonds.